The van der Waals surface area contributed by atoms with Gasteiger partial charge in [0.25, 0.3) is 0 Å². The van der Waals surface area contributed by atoms with Gasteiger partial charge in [-0.3, -0.25) is 14.3 Å². The van der Waals surface area contributed by atoms with Crippen LogP contribution in [0.15, 0.2) is 79.0 Å². The summed E-state index contributed by atoms with van der Waals surface area (Å²) < 4.78 is 1.96. The number of rotatable bonds is 6. The van der Waals surface area contributed by atoms with Gasteiger partial charge >= 0.3 is 6.09 Å². The van der Waals surface area contributed by atoms with Crippen molar-refractivity contribution >= 4 is 34.7 Å². The van der Waals surface area contributed by atoms with Crippen LogP contribution in [0.25, 0.3) is 39.5 Å². The molecule has 1 aliphatic carbocycles. The standard InChI is InChI=1S/C34H35N7O3/c1-21(42)37-24-9-5-8-22(20-24)27-15-16-28-31(38-27)40(30(39-28)26-10-6-19-36-29(26)35)25-13-11-23(12-14-25)34(17-7-18-34)41(32(43)44)33(2,3)4/h5-6,8-16,19-20H,7,17-18H2,1-4H3,(H2,35,36)(H,37,42)(H,43,44). The monoisotopic (exact) mass is 589 g/mol. The van der Waals surface area contributed by atoms with Gasteiger partial charge in [-0.1, -0.05) is 24.3 Å². The van der Waals surface area contributed by atoms with Crippen molar-refractivity contribution in [2.24, 2.45) is 0 Å². The molecule has 1 aliphatic rings. The van der Waals surface area contributed by atoms with Gasteiger partial charge in [0, 0.05) is 35.6 Å². The van der Waals surface area contributed by atoms with Gasteiger partial charge in [-0.15, -0.1) is 0 Å². The van der Waals surface area contributed by atoms with Crippen LogP contribution in [0.5, 0.6) is 0 Å². The Labute approximate surface area is 255 Å². The molecule has 0 spiro atoms. The molecular formula is C34H35N7O3. The highest BCUT2D eigenvalue weighted by molar-refractivity contribution is 5.90. The maximum atomic E-state index is 12.5. The average Bonchev–Trinajstić information content (AvgIpc) is 3.32. The highest BCUT2D eigenvalue weighted by Crippen LogP contribution is 2.49. The normalized spacial score (nSPS) is 14.2. The lowest BCUT2D eigenvalue weighted by molar-refractivity contribution is -0.114. The van der Waals surface area contributed by atoms with Crippen molar-refractivity contribution < 1.29 is 14.7 Å². The third kappa shape index (κ3) is 5.02. The number of aromatic nitrogens is 4. The SMILES string of the molecule is CC(=O)Nc1cccc(-c2ccc3nc(-c4cccnc4N)n(-c4ccc(C5(N(C(=O)O)C(C)(C)C)CCC5)cc4)c3n2)c1. The molecule has 0 saturated heterocycles. The molecule has 2 amide bonds. The Bertz CT molecular complexity index is 1890. The highest BCUT2D eigenvalue weighted by atomic mass is 16.4. The van der Waals surface area contributed by atoms with E-state index in [1.54, 1.807) is 11.1 Å². The van der Waals surface area contributed by atoms with E-state index in [4.69, 9.17) is 15.7 Å². The van der Waals surface area contributed by atoms with Gasteiger partial charge < -0.3 is 16.2 Å². The lowest BCUT2D eigenvalue weighted by atomic mass is 9.69. The first-order valence-electron chi connectivity index (χ1n) is 14.6. The Hall–Kier alpha value is -5.25. The fourth-order valence-corrected chi connectivity index (χ4v) is 6.30. The number of nitrogen functional groups attached to an aromatic ring is 1. The van der Waals surface area contributed by atoms with E-state index in [2.05, 4.69) is 10.3 Å². The van der Waals surface area contributed by atoms with Crippen molar-refractivity contribution in [3.63, 3.8) is 0 Å². The summed E-state index contributed by atoms with van der Waals surface area (Å²) in [5.41, 5.74) is 11.1. The zero-order chi connectivity index (χ0) is 31.2. The summed E-state index contributed by atoms with van der Waals surface area (Å²) in [6, 6.07) is 23.0. The second kappa shape index (κ2) is 10.8. The summed E-state index contributed by atoms with van der Waals surface area (Å²) in [5.74, 6) is 0.790. The minimum atomic E-state index is -0.921. The van der Waals surface area contributed by atoms with E-state index in [1.165, 1.54) is 6.92 Å². The van der Waals surface area contributed by atoms with Gasteiger partial charge in [0.15, 0.2) is 11.5 Å². The number of nitrogens with two attached hydrogens (primary N) is 1. The molecule has 4 N–H and O–H groups in total. The van der Waals surface area contributed by atoms with Crippen molar-refractivity contribution in [2.75, 3.05) is 11.1 Å². The number of pyridine rings is 2. The van der Waals surface area contributed by atoms with E-state index in [0.29, 0.717) is 39.8 Å². The molecule has 0 atom stereocenters. The topological polar surface area (TPSA) is 139 Å². The predicted molar refractivity (Wildman–Crippen MR) is 171 cm³/mol. The number of nitrogens with zero attached hydrogens (tertiary/aromatic N) is 5. The fraction of sp³-hybridized carbons (Fsp3) is 0.265. The van der Waals surface area contributed by atoms with Gasteiger partial charge in [0.1, 0.15) is 11.3 Å². The molecule has 2 aromatic carbocycles. The van der Waals surface area contributed by atoms with Gasteiger partial charge in [-0.25, -0.2) is 19.7 Å². The smallest absolute Gasteiger partial charge is 0.408 e. The molecule has 10 heteroatoms. The van der Waals surface area contributed by atoms with Crippen LogP contribution in [0.3, 0.4) is 0 Å². The summed E-state index contributed by atoms with van der Waals surface area (Å²) in [4.78, 5) is 40.0. The minimum absolute atomic E-state index is 0.150. The zero-order valence-electron chi connectivity index (χ0n) is 25.2. The van der Waals surface area contributed by atoms with Crippen LogP contribution < -0.4 is 11.1 Å². The number of fused-ring (bicyclic) bond motifs is 1. The lowest BCUT2D eigenvalue weighted by Crippen LogP contribution is -2.60. The Balaban J connectivity index is 1.50. The van der Waals surface area contributed by atoms with Crippen LogP contribution in [0.4, 0.5) is 16.3 Å². The third-order valence-electron chi connectivity index (χ3n) is 8.20. The molecule has 3 aromatic heterocycles. The summed E-state index contributed by atoms with van der Waals surface area (Å²) in [7, 11) is 0. The average molecular weight is 590 g/mol. The fourth-order valence-electron chi connectivity index (χ4n) is 6.30. The van der Waals surface area contributed by atoms with Gasteiger partial charge in [-0.2, -0.15) is 0 Å². The second-order valence-corrected chi connectivity index (χ2v) is 12.2. The number of benzene rings is 2. The number of hydrogen-bond acceptors (Lipinski definition) is 6. The zero-order valence-corrected chi connectivity index (χ0v) is 25.2. The number of carboxylic acid groups (broad SMARTS) is 1. The van der Waals surface area contributed by atoms with Crippen molar-refractivity contribution in [1.82, 2.24) is 24.4 Å². The molecule has 0 radical (unpaired) electrons. The van der Waals surface area contributed by atoms with Crippen LogP contribution in [0.1, 0.15) is 52.5 Å². The van der Waals surface area contributed by atoms with Crippen LogP contribution >= 0.6 is 0 Å². The number of nitrogens with one attached hydrogen (secondary N) is 1. The van der Waals surface area contributed by atoms with E-state index in [1.807, 2.05) is 98.1 Å². The first kappa shape index (κ1) is 28.9. The molecule has 0 bridgehead atoms. The largest absolute Gasteiger partial charge is 0.465 e. The molecule has 0 unspecified atom stereocenters. The molecular weight excluding hydrogens is 554 g/mol. The van der Waals surface area contributed by atoms with Crippen LogP contribution in [0.2, 0.25) is 0 Å². The van der Waals surface area contributed by atoms with Crippen molar-refractivity contribution in [1.29, 1.82) is 0 Å². The summed E-state index contributed by atoms with van der Waals surface area (Å²) in [6.07, 6.45) is 3.22. The first-order chi connectivity index (χ1) is 21.0. The highest BCUT2D eigenvalue weighted by Gasteiger charge is 2.50. The number of carbonyl (C=O) groups is 2. The molecule has 5 aromatic rings. The predicted octanol–water partition coefficient (Wildman–Crippen LogP) is 6.85. The summed E-state index contributed by atoms with van der Waals surface area (Å²) >= 11 is 0. The van der Waals surface area contributed by atoms with Gasteiger partial charge in [0.05, 0.1) is 16.8 Å². The summed E-state index contributed by atoms with van der Waals surface area (Å²) in [5, 5.41) is 13.1. The van der Waals surface area contributed by atoms with Crippen LogP contribution in [-0.4, -0.2) is 47.1 Å². The quantitative estimate of drug-likeness (QED) is 0.197. The number of carbonyl (C=O) groups excluding carboxylic acids is 1. The molecule has 3 heterocycles. The third-order valence-corrected chi connectivity index (χ3v) is 8.20. The lowest BCUT2D eigenvalue weighted by Gasteiger charge is -2.54. The van der Waals surface area contributed by atoms with E-state index < -0.39 is 17.2 Å². The Morgan fingerprint density at radius 3 is 2.36 bits per heavy atom. The van der Waals surface area contributed by atoms with Gasteiger partial charge in [-0.05, 0) is 94.1 Å². The van der Waals surface area contributed by atoms with Crippen molar-refractivity contribution in [3.8, 4) is 28.3 Å². The van der Waals surface area contributed by atoms with E-state index >= 15 is 0 Å². The number of amides is 2. The first-order valence-corrected chi connectivity index (χ1v) is 14.6. The van der Waals surface area contributed by atoms with E-state index in [9.17, 15) is 14.7 Å². The Morgan fingerprint density at radius 1 is 1.00 bits per heavy atom. The van der Waals surface area contributed by atoms with E-state index in [0.717, 1.165) is 36.1 Å². The number of hydrogen-bond donors (Lipinski definition) is 3. The molecule has 0 aliphatic heterocycles. The van der Waals surface area contributed by atoms with Gasteiger partial charge in [0.2, 0.25) is 5.91 Å². The summed E-state index contributed by atoms with van der Waals surface area (Å²) in [6.45, 7) is 7.29. The maximum Gasteiger partial charge on any atom is 0.408 e. The molecule has 224 valence electrons. The molecule has 10 nitrogen and oxygen atoms in total. The van der Waals surface area contributed by atoms with Crippen LogP contribution in [0, 0.1) is 0 Å². The molecule has 6 rings (SSSR count). The molecule has 1 saturated carbocycles. The molecule has 1 fully saturated rings. The number of imidazole rings is 1. The molecule has 44 heavy (non-hydrogen) atoms. The van der Waals surface area contributed by atoms with E-state index in [-0.39, 0.29) is 5.91 Å². The second-order valence-electron chi connectivity index (χ2n) is 12.2. The number of anilines is 2. The maximum absolute atomic E-state index is 12.5. The Kier molecular flexibility index (Phi) is 7.07. The minimum Gasteiger partial charge on any atom is -0.465 e. The van der Waals surface area contributed by atoms with Crippen molar-refractivity contribution in [2.45, 2.75) is 58.0 Å². The van der Waals surface area contributed by atoms with Crippen LogP contribution in [-0.2, 0) is 10.3 Å². The Morgan fingerprint density at radius 2 is 1.75 bits per heavy atom. The van der Waals surface area contributed by atoms with Crippen molar-refractivity contribution in [3.05, 3.63) is 84.6 Å².